The van der Waals surface area contributed by atoms with Crippen molar-refractivity contribution in [3.8, 4) is 0 Å². The van der Waals surface area contributed by atoms with Gasteiger partial charge in [-0.3, -0.25) is 9.59 Å². The van der Waals surface area contributed by atoms with Crippen LogP contribution in [0.3, 0.4) is 0 Å². The summed E-state index contributed by atoms with van der Waals surface area (Å²) in [5, 5.41) is 3.07. The number of nitrogens with zero attached hydrogens (tertiary/aromatic N) is 2. The first kappa shape index (κ1) is 16.2. The van der Waals surface area contributed by atoms with Gasteiger partial charge < -0.3 is 15.1 Å². The van der Waals surface area contributed by atoms with Gasteiger partial charge in [0.05, 0.1) is 11.5 Å². The van der Waals surface area contributed by atoms with Crippen LogP contribution < -0.4 is 5.32 Å². The zero-order valence-electron chi connectivity index (χ0n) is 12.5. The maximum atomic E-state index is 12.4. The molecular weight excluding hydrogens is 294 g/mol. The van der Waals surface area contributed by atoms with E-state index in [1.807, 2.05) is 0 Å². The van der Waals surface area contributed by atoms with Crippen molar-refractivity contribution in [3.05, 3.63) is 0 Å². The summed E-state index contributed by atoms with van der Waals surface area (Å²) < 4.78 is 23.2. The summed E-state index contributed by atoms with van der Waals surface area (Å²) in [5.41, 5.74) is 0. The zero-order valence-corrected chi connectivity index (χ0v) is 13.4. The van der Waals surface area contributed by atoms with Gasteiger partial charge in [-0.05, 0) is 12.8 Å². The lowest BCUT2D eigenvalue weighted by Gasteiger charge is -2.29. The van der Waals surface area contributed by atoms with E-state index in [2.05, 4.69) is 5.32 Å². The normalized spacial score (nSPS) is 28.4. The predicted octanol–water partition coefficient (Wildman–Crippen LogP) is -1.16. The summed E-state index contributed by atoms with van der Waals surface area (Å²) in [6, 6.07) is -0.736. The number of carbonyl (C=O) groups excluding carboxylic acids is 2. The highest BCUT2D eigenvalue weighted by molar-refractivity contribution is 7.91. The van der Waals surface area contributed by atoms with Gasteiger partial charge in [0.1, 0.15) is 6.04 Å². The molecule has 0 aromatic rings. The minimum atomic E-state index is -3.05. The topological polar surface area (TPSA) is 86.8 Å². The molecule has 8 heteroatoms. The standard InChI is InChI=1S/C13H23N3O4S/c1-15(2)13(18)11-4-3-6-16(11)12(17)8-10-9-21(19,20)7-5-14-10/h10-11,14H,3-9H2,1-2H3. The molecule has 0 aliphatic carbocycles. The molecule has 2 saturated heterocycles. The van der Waals surface area contributed by atoms with E-state index in [0.717, 1.165) is 6.42 Å². The van der Waals surface area contributed by atoms with Gasteiger partial charge in [-0.25, -0.2) is 8.42 Å². The third-order valence-corrected chi connectivity index (χ3v) is 5.76. The number of likely N-dealkylation sites (tertiary alicyclic amines) is 1. The van der Waals surface area contributed by atoms with Gasteiger partial charge in [0, 0.05) is 39.6 Å². The quantitative estimate of drug-likeness (QED) is 0.710. The minimum Gasteiger partial charge on any atom is -0.347 e. The fraction of sp³-hybridized carbons (Fsp3) is 0.846. The lowest BCUT2D eigenvalue weighted by molar-refractivity contribution is -0.142. The molecule has 2 rings (SSSR count). The summed E-state index contributed by atoms with van der Waals surface area (Å²) in [6.07, 6.45) is 1.63. The summed E-state index contributed by atoms with van der Waals surface area (Å²) >= 11 is 0. The van der Waals surface area contributed by atoms with Crippen molar-refractivity contribution < 1.29 is 18.0 Å². The molecule has 0 saturated carbocycles. The number of likely N-dealkylation sites (N-methyl/N-ethyl adjacent to an activating group) is 1. The van der Waals surface area contributed by atoms with Gasteiger partial charge in [0.15, 0.2) is 9.84 Å². The summed E-state index contributed by atoms with van der Waals surface area (Å²) in [4.78, 5) is 27.6. The van der Waals surface area contributed by atoms with Crippen LogP contribution in [0.4, 0.5) is 0 Å². The monoisotopic (exact) mass is 317 g/mol. The summed E-state index contributed by atoms with van der Waals surface area (Å²) in [7, 11) is 0.306. The minimum absolute atomic E-state index is 0.00112. The maximum absolute atomic E-state index is 12.4. The van der Waals surface area contributed by atoms with Crippen LogP contribution in [0.5, 0.6) is 0 Å². The number of hydrogen-bond donors (Lipinski definition) is 1. The van der Waals surface area contributed by atoms with Crippen molar-refractivity contribution >= 4 is 21.7 Å². The number of carbonyl (C=O) groups is 2. The van der Waals surface area contributed by atoms with Crippen LogP contribution >= 0.6 is 0 Å². The molecule has 120 valence electrons. The molecule has 2 aliphatic heterocycles. The molecule has 0 radical (unpaired) electrons. The predicted molar refractivity (Wildman–Crippen MR) is 78.5 cm³/mol. The molecular formula is C13H23N3O4S. The van der Waals surface area contributed by atoms with E-state index in [1.165, 1.54) is 4.90 Å². The van der Waals surface area contributed by atoms with Gasteiger partial charge in [-0.2, -0.15) is 0 Å². The Labute approximate surface area is 125 Å². The van der Waals surface area contributed by atoms with Gasteiger partial charge >= 0.3 is 0 Å². The molecule has 0 spiro atoms. The smallest absolute Gasteiger partial charge is 0.244 e. The van der Waals surface area contributed by atoms with E-state index < -0.39 is 15.9 Å². The first-order valence-electron chi connectivity index (χ1n) is 7.24. The number of rotatable bonds is 3. The Kier molecular flexibility index (Phi) is 4.88. The Morgan fingerprint density at radius 3 is 2.67 bits per heavy atom. The number of amides is 2. The fourth-order valence-corrected chi connectivity index (χ4v) is 4.39. The van der Waals surface area contributed by atoms with Crippen LogP contribution in [0.25, 0.3) is 0 Å². The fourth-order valence-electron chi connectivity index (χ4n) is 2.95. The molecule has 2 aliphatic rings. The van der Waals surface area contributed by atoms with Crippen molar-refractivity contribution in [3.63, 3.8) is 0 Å². The molecule has 2 amide bonds. The van der Waals surface area contributed by atoms with Crippen LogP contribution in [-0.2, 0) is 19.4 Å². The molecule has 0 bridgehead atoms. The molecule has 0 aromatic carbocycles. The third kappa shape index (κ3) is 3.94. The lowest BCUT2D eigenvalue weighted by atomic mass is 10.1. The van der Waals surface area contributed by atoms with E-state index >= 15 is 0 Å². The average Bonchev–Trinajstić information content (AvgIpc) is 2.85. The largest absolute Gasteiger partial charge is 0.347 e. The van der Waals surface area contributed by atoms with Gasteiger partial charge in [0.25, 0.3) is 0 Å². The Balaban J connectivity index is 1.98. The highest BCUT2D eigenvalue weighted by Gasteiger charge is 2.36. The Morgan fingerprint density at radius 2 is 2.05 bits per heavy atom. The SMILES string of the molecule is CN(C)C(=O)C1CCCN1C(=O)CC1CS(=O)(=O)CCN1. The number of hydrogen-bond acceptors (Lipinski definition) is 5. The van der Waals surface area contributed by atoms with E-state index in [-0.39, 0.29) is 35.8 Å². The van der Waals surface area contributed by atoms with Crippen molar-refractivity contribution in [2.45, 2.75) is 31.3 Å². The van der Waals surface area contributed by atoms with Gasteiger partial charge in [-0.15, -0.1) is 0 Å². The number of sulfone groups is 1. The van der Waals surface area contributed by atoms with Crippen LogP contribution in [0.1, 0.15) is 19.3 Å². The first-order valence-corrected chi connectivity index (χ1v) is 9.07. The van der Waals surface area contributed by atoms with E-state index in [4.69, 9.17) is 0 Å². The Hall–Kier alpha value is -1.15. The van der Waals surface area contributed by atoms with Crippen molar-refractivity contribution in [1.29, 1.82) is 0 Å². The first-order chi connectivity index (χ1) is 9.80. The van der Waals surface area contributed by atoms with E-state index in [0.29, 0.717) is 19.5 Å². The second-order valence-corrected chi connectivity index (χ2v) is 8.18. The Morgan fingerprint density at radius 1 is 1.33 bits per heavy atom. The third-order valence-electron chi connectivity index (χ3n) is 4.02. The van der Waals surface area contributed by atoms with Crippen molar-refractivity contribution in [2.24, 2.45) is 0 Å². The zero-order chi connectivity index (χ0) is 15.6. The molecule has 7 nitrogen and oxygen atoms in total. The molecule has 1 N–H and O–H groups in total. The van der Waals surface area contributed by atoms with E-state index in [9.17, 15) is 18.0 Å². The Bertz CT molecular complexity index is 518. The maximum Gasteiger partial charge on any atom is 0.244 e. The van der Waals surface area contributed by atoms with Crippen molar-refractivity contribution in [1.82, 2.24) is 15.1 Å². The van der Waals surface area contributed by atoms with Crippen LogP contribution in [-0.4, -0.2) is 80.8 Å². The number of nitrogens with one attached hydrogen (secondary N) is 1. The second kappa shape index (κ2) is 6.31. The average molecular weight is 317 g/mol. The molecule has 21 heavy (non-hydrogen) atoms. The van der Waals surface area contributed by atoms with Gasteiger partial charge in [0.2, 0.25) is 11.8 Å². The molecule has 2 unspecified atom stereocenters. The highest BCUT2D eigenvalue weighted by Crippen LogP contribution is 2.20. The van der Waals surface area contributed by atoms with Crippen molar-refractivity contribution in [2.75, 3.05) is 38.7 Å². The highest BCUT2D eigenvalue weighted by atomic mass is 32.2. The summed E-state index contributed by atoms with van der Waals surface area (Å²) in [6.45, 7) is 0.961. The second-order valence-electron chi connectivity index (χ2n) is 5.95. The van der Waals surface area contributed by atoms with Crippen LogP contribution in [0, 0.1) is 0 Å². The van der Waals surface area contributed by atoms with Crippen LogP contribution in [0.15, 0.2) is 0 Å². The van der Waals surface area contributed by atoms with E-state index in [1.54, 1.807) is 19.0 Å². The van der Waals surface area contributed by atoms with Gasteiger partial charge in [-0.1, -0.05) is 0 Å². The molecule has 2 atom stereocenters. The summed E-state index contributed by atoms with van der Waals surface area (Å²) in [5.74, 6) is -0.0745. The molecule has 2 heterocycles. The molecule has 0 aromatic heterocycles. The molecule has 2 fully saturated rings. The lowest BCUT2D eigenvalue weighted by Crippen LogP contribution is -2.50. The van der Waals surface area contributed by atoms with Crippen LogP contribution in [0.2, 0.25) is 0 Å².